The first-order valence-corrected chi connectivity index (χ1v) is 8.65. The van der Waals surface area contributed by atoms with Gasteiger partial charge in [0.2, 0.25) is 12.7 Å². The normalized spacial score (nSPS) is 11.8. The fourth-order valence-electron chi connectivity index (χ4n) is 2.59. The smallest absolute Gasteiger partial charge is 0.274 e. The zero-order valence-corrected chi connectivity index (χ0v) is 15.5. The summed E-state index contributed by atoms with van der Waals surface area (Å²) in [5.74, 6) is 1.72. The quantitative estimate of drug-likeness (QED) is 0.673. The highest BCUT2D eigenvalue weighted by Gasteiger charge is 2.14. The molecule has 0 aliphatic carbocycles. The largest absolute Gasteiger partial charge is 0.495 e. The molecule has 0 unspecified atom stereocenters. The minimum atomic E-state index is -0.391. The summed E-state index contributed by atoms with van der Waals surface area (Å²) < 4.78 is 15.7. The van der Waals surface area contributed by atoms with Crippen molar-refractivity contribution >= 4 is 34.8 Å². The second-order valence-electron chi connectivity index (χ2n) is 5.76. The van der Waals surface area contributed by atoms with Crippen LogP contribution in [0.25, 0.3) is 0 Å². The molecule has 28 heavy (non-hydrogen) atoms. The molecule has 142 valence electrons. The lowest BCUT2D eigenvalue weighted by molar-refractivity contribution is 0.102. The fourth-order valence-corrected chi connectivity index (χ4v) is 2.85. The Labute approximate surface area is 165 Å². The van der Waals surface area contributed by atoms with Crippen molar-refractivity contribution in [2.45, 2.75) is 0 Å². The Balaban J connectivity index is 1.48. The van der Waals surface area contributed by atoms with Crippen molar-refractivity contribution in [1.82, 2.24) is 9.97 Å². The topological polar surface area (TPSA) is 94.6 Å². The van der Waals surface area contributed by atoms with Crippen LogP contribution in [-0.2, 0) is 0 Å². The maximum absolute atomic E-state index is 12.5. The monoisotopic (exact) mass is 398 g/mol. The van der Waals surface area contributed by atoms with Gasteiger partial charge in [-0.25, -0.2) is 9.97 Å². The van der Waals surface area contributed by atoms with Crippen LogP contribution < -0.4 is 24.8 Å². The highest BCUT2D eigenvalue weighted by Crippen LogP contribution is 2.34. The van der Waals surface area contributed by atoms with Crippen molar-refractivity contribution in [2.24, 2.45) is 0 Å². The number of aromatic nitrogens is 2. The number of fused-ring (bicyclic) bond motifs is 1. The number of carbonyl (C=O) groups is 1. The number of carbonyl (C=O) groups excluding carboxylic acids is 1. The van der Waals surface area contributed by atoms with Crippen molar-refractivity contribution < 1.29 is 19.0 Å². The van der Waals surface area contributed by atoms with Gasteiger partial charge in [0.15, 0.2) is 11.5 Å². The van der Waals surface area contributed by atoms with E-state index in [4.69, 9.17) is 25.8 Å². The van der Waals surface area contributed by atoms with Crippen LogP contribution >= 0.6 is 11.6 Å². The number of nitrogens with zero attached hydrogens (tertiary/aromatic N) is 2. The number of ether oxygens (including phenoxy) is 3. The van der Waals surface area contributed by atoms with E-state index in [1.807, 2.05) is 6.07 Å². The summed E-state index contributed by atoms with van der Waals surface area (Å²) in [5, 5.41) is 6.18. The molecule has 3 aromatic rings. The first-order chi connectivity index (χ1) is 13.6. The molecule has 2 aromatic carbocycles. The second-order valence-corrected chi connectivity index (χ2v) is 6.17. The van der Waals surface area contributed by atoms with Crippen molar-refractivity contribution in [1.29, 1.82) is 0 Å². The van der Waals surface area contributed by atoms with E-state index in [1.54, 1.807) is 30.3 Å². The molecule has 2 heterocycles. The van der Waals surface area contributed by atoms with Crippen LogP contribution in [0, 0.1) is 0 Å². The number of hydrogen-bond donors (Lipinski definition) is 2. The Kier molecular flexibility index (Phi) is 4.86. The SMILES string of the molecule is COc1ccc(NC(=O)c2ccnc(Nc3ccc4c(c3)OCO4)n2)cc1Cl. The minimum Gasteiger partial charge on any atom is -0.495 e. The first kappa shape index (κ1) is 17.9. The lowest BCUT2D eigenvalue weighted by Gasteiger charge is -2.09. The van der Waals surface area contributed by atoms with Gasteiger partial charge in [-0.05, 0) is 36.4 Å². The first-order valence-electron chi connectivity index (χ1n) is 8.27. The van der Waals surface area contributed by atoms with E-state index < -0.39 is 5.91 Å². The molecule has 0 spiro atoms. The molecule has 1 aromatic heterocycles. The third kappa shape index (κ3) is 3.77. The average molecular weight is 399 g/mol. The van der Waals surface area contributed by atoms with Gasteiger partial charge in [0.05, 0.1) is 12.1 Å². The molecule has 0 bridgehead atoms. The standard InChI is InChI=1S/C19H15ClN4O4/c1-26-15-4-2-11(8-13(15)20)22-18(25)14-6-7-21-19(24-14)23-12-3-5-16-17(9-12)28-10-27-16/h2-9H,10H2,1H3,(H,22,25)(H,21,23,24). The van der Waals surface area contributed by atoms with Gasteiger partial charge in [0, 0.05) is 23.6 Å². The number of methoxy groups -OCH3 is 1. The molecule has 1 aliphatic heterocycles. The molecule has 1 aliphatic rings. The van der Waals surface area contributed by atoms with Gasteiger partial charge in [-0.1, -0.05) is 11.6 Å². The van der Waals surface area contributed by atoms with Crippen LogP contribution in [0.2, 0.25) is 5.02 Å². The van der Waals surface area contributed by atoms with Gasteiger partial charge in [0.1, 0.15) is 11.4 Å². The van der Waals surface area contributed by atoms with E-state index in [9.17, 15) is 4.79 Å². The highest BCUT2D eigenvalue weighted by molar-refractivity contribution is 6.32. The molecule has 0 saturated heterocycles. The average Bonchev–Trinajstić information content (AvgIpc) is 3.16. The summed E-state index contributed by atoms with van der Waals surface area (Å²) in [4.78, 5) is 20.9. The van der Waals surface area contributed by atoms with Gasteiger partial charge in [-0.3, -0.25) is 4.79 Å². The lowest BCUT2D eigenvalue weighted by Crippen LogP contribution is -2.14. The van der Waals surface area contributed by atoms with Crippen molar-refractivity contribution in [2.75, 3.05) is 24.5 Å². The number of benzene rings is 2. The third-order valence-electron chi connectivity index (χ3n) is 3.93. The van der Waals surface area contributed by atoms with Crippen LogP contribution in [0.5, 0.6) is 17.2 Å². The molecule has 4 rings (SSSR count). The lowest BCUT2D eigenvalue weighted by atomic mass is 10.2. The Hall–Kier alpha value is -3.52. The van der Waals surface area contributed by atoms with Crippen molar-refractivity contribution in [3.8, 4) is 17.2 Å². The number of amides is 1. The summed E-state index contributed by atoms with van der Waals surface area (Å²) in [6.45, 7) is 0.195. The zero-order valence-electron chi connectivity index (χ0n) is 14.7. The van der Waals surface area contributed by atoms with Crippen LogP contribution in [0.1, 0.15) is 10.5 Å². The molecule has 0 atom stereocenters. The van der Waals surface area contributed by atoms with E-state index in [0.717, 1.165) is 0 Å². The number of halogens is 1. The summed E-state index contributed by atoms with van der Waals surface area (Å²) in [7, 11) is 1.52. The molecule has 2 N–H and O–H groups in total. The zero-order chi connectivity index (χ0) is 19.5. The van der Waals surface area contributed by atoms with Gasteiger partial charge in [-0.15, -0.1) is 0 Å². The second kappa shape index (κ2) is 7.61. The van der Waals surface area contributed by atoms with E-state index in [-0.39, 0.29) is 18.4 Å². The fraction of sp³-hybridized carbons (Fsp3) is 0.105. The number of anilines is 3. The molecule has 0 saturated carbocycles. The number of hydrogen-bond acceptors (Lipinski definition) is 7. The summed E-state index contributed by atoms with van der Waals surface area (Å²) >= 11 is 6.08. The molecule has 8 nitrogen and oxygen atoms in total. The van der Waals surface area contributed by atoms with Gasteiger partial charge < -0.3 is 24.8 Å². The Bertz CT molecular complexity index is 1040. The van der Waals surface area contributed by atoms with Crippen LogP contribution in [0.4, 0.5) is 17.3 Å². The van der Waals surface area contributed by atoms with Crippen LogP contribution in [0.15, 0.2) is 48.7 Å². The maximum Gasteiger partial charge on any atom is 0.274 e. The Morgan fingerprint density at radius 3 is 2.75 bits per heavy atom. The predicted molar refractivity (Wildman–Crippen MR) is 104 cm³/mol. The Morgan fingerprint density at radius 1 is 1.11 bits per heavy atom. The van der Waals surface area contributed by atoms with Crippen molar-refractivity contribution in [3.63, 3.8) is 0 Å². The molecular formula is C19H15ClN4O4. The highest BCUT2D eigenvalue weighted by atomic mass is 35.5. The number of rotatable bonds is 5. The van der Waals surface area contributed by atoms with E-state index in [0.29, 0.717) is 33.6 Å². The van der Waals surface area contributed by atoms with Gasteiger partial charge in [-0.2, -0.15) is 0 Å². The summed E-state index contributed by atoms with van der Waals surface area (Å²) in [6, 6.07) is 11.9. The van der Waals surface area contributed by atoms with E-state index in [1.165, 1.54) is 19.4 Å². The predicted octanol–water partition coefficient (Wildman–Crippen LogP) is 3.86. The van der Waals surface area contributed by atoms with E-state index >= 15 is 0 Å². The van der Waals surface area contributed by atoms with Crippen molar-refractivity contribution in [3.05, 3.63) is 59.4 Å². The van der Waals surface area contributed by atoms with Crippen LogP contribution in [0.3, 0.4) is 0 Å². The molecule has 0 radical (unpaired) electrons. The summed E-state index contributed by atoms with van der Waals surface area (Å²) in [5.41, 5.74) is 1.44. The molecule has 0 fully saturated rings. The third-order valence-corrected chi connectivity index (χ3v) is 4.22. The maximum atomic E-state index is 12.5. The Morgan fingerprint density at radius 2 is 1.93 bits per heavy atom. The van der Waals surface area contributed by atoms with Gasteiger partial charge in [0.25, 0.3) is 5.91 Å². The van der Waals surface area contributed by atoms with Crippen LogP contribution in [-0.4, -0.2) is 29.8 Å². The minimum absolute atomic E-state index is 0.195. The summed E-state index contributed by atoms with van der Waals surface area (Å²) in [6.07, 6.45) is 1.50. The molecular weight excluding hydrogens is 384 g/mol. The molecule has 1 amide bonds. The number of nitrogens with one attached hydrogen (secondary N) is 2. The van der Waals surface area contributed by atoms with E-state index in [2.05, 4.69) is 20.6 Å². The van der Waals surface area contributed by atoms with Gasteiger partial charge >= 0.3 is 0 Å². The molecule has 9 heteroatoms.